The van der Waals surface area contributed by atoms with Crippen molar-refractivity contribution in [2.45, 2.75) is 128 Å². The fourth-order valence-electron chi connectivity index (χ4n) is 8.19. The maximum Gasteiger partial charge on any atom is 0.636 e. The van der Waals surface area contributed by atoms with E-state index in [2.05, 4.69) is 201 Å². The van der Waals surface area contributed by atoms with Crippen LogP contribution in [0.15, 0.2) is 121 Å². The van der Waals surface area contributed by atoms with Crippen molar-refractivity contribution in [3.8, 4) is 0 Å². The predicted octanol–water partition coefficient (Wildman–Crippen LogP) is 13.5. The monoisotopic (exact) mass is 800 g/mol. The second kappa shape index (κ2) is 18.6. The quantitative estimate of drug-likeness (QED) is 0.0834. The van der Waals surface area contributed by atoms with Gasteiger partial charge < -0.3 is 16.5 Å². The van der Waals surface area contributed by atoms with Crippen molar-refractivity contribution in [3.63, 3.8) is 0 Å². The van der Waals surface area contributed by atoms with Gasteiger partial charge in [-0.15, -0.1) is 0 Å². The van der Waals surface area contributed by atoms with Crippen molar-refractivity contribution in [2.24, 2.45) is 0 Å². The van der Waals surface area contributed by atoms with E-state index in [4.69, 9.17) is 16.5 Å². The molecule has 53 heavy (non-hydrogen) atoms. The average molecular weight is 801 g/mol. The molecule has 0 saturated heterocycles. The van der Waals surface area contributed by atoms with Crippen LogP contribution in [0.25, 0.3) is 0 Å². The molecule has 0 aromatic heterocycles. The lowest BCUT2D eigenvalue weighted by Gasteiger charge is -2.47. The van der Waals surface area contributed by atoms with Crippen molar-refractivity contribution in [3.05, 3.63) is 144 Å². The number of hydrogen-bond donors (Lipinski definition) is 0. The van der Waals surface area contributed by atoms with Crippen molar-refractivity contribution in [1.82, 2.24) is 0 Å². The molecule has 0 fully saturated rings. The summed E-state index contributed by atoms with van der Waals surface area (Å²) in [5, 5.41) is 0. The summed E-state index contributed by atoms with van der Waals surface area (Å²) in [5.74, 6) is 1.39. The van der Waals surface area contributed by atoms with Crippen LogP contribution in [-0.4, -0.2) is 42.3 Å². The minimum absolute atomic E-state index is 0.347. The van der Waals surface area contributed by atoms with E-state index in [1.54, 1.807) is 0 Å². The normalized spacial score (nSPS) is 16.4. The molecule has 4 unspecified atom stereocenters. The van der Waals surface area contributed by atoms with Gasteiger partial charge >= 0.3 is 9.05 Å². The van der Waals surface area contributed by atoms with Crippen LogP contribution >= 0.6 is 0 Å². The van der Waals surface area contributed by atoms with E-state index in [1.807, 2.05) is 0 Å². The summed E-state index contributed by atoms with van der Waals surface area (Å²) in [6, 6.07) is 47.3. The maximum absolute atomic E-state index is 7.70. The fraction of sp³-hybridized carbons (Fsp3) is 0.455. The Morgan fingerprint density at radius 3 is 0.660 bits per heavy atom. The number of rotatable bonds is 20. The van der Waals surface area contributed by atoms with E-state index in [0.717, 1.165) is 24.2 Å². The molecule has 4 aromatic rings. The van der Waals surface area contributed by atoms with Crippen molar-refractivity contribution >= 4 is 42.3 Å². The second-order valence-corrected chi connectivity index (χ2v) is 38.0. The Kier molecular flexibility index (Phi) is 15.3. The molecule has 9 heteroatoms. The summed E-state index contributed by atoms with van der Waals surface area (Å²) in [4.78, 5) is 0. The molecule has 4 nitrogen and oxygen atoms in total. The van der Waals surface area contributed by atoms with Crippen LogP contribution in [0.1, 0.15) is 73.6 Å². The highest BCUT2D eigenvalue weighted by Gasteiger charge is 2.58. The average Bonchev–Trinajstić information content (AvgIpc) is 3.07. The van der Waals surface area contributed by atoms with Crippen molar-refractivity contribution in [1.29, 1.82) is 0 Å². The van der Waals surface area contributed by atoms with Gasteiger partial charge in [0.1, 0.15) is 0 Å². The van der Waals surface area contributed by atoms with Gasteiger partial charge in [0, 0.05) is 0 Å². The van der Waals surface area contributed by atoms with Crippen LogP contribution in [-0.2, 0) is 16.5 Å². The minimum Gasteiger partial charge on any atom is -0.396 e. The molecule has 0 spiro atoms. The van der Waals surface area contributed by atoms with Gasteiger partial charge in [0.15, 0.2) is 33.3 Å². The summed E-state index contributed by atoms with van der Waals surface area (Å²) in [6.07, 6.45) is 0. The summed E-state index contributed by atoms with van der Waals surface area (Å²) in [7, 11) is -13.5. The second-order valence-electron chi connectivity index (χ2n) is 18.0. The molecule has 4 aromatic carbocycles. The summed E-state index contributed by atoms with van der Waals surface area (Å²) in [5.41, 5.74) is 5.37. The SMILES string of the molecule is CC(C[Si](C)(C)O[Si](O[Si](C)(C)CC(C)c1ccccc1)(O[Si](C)(C)CC(C)c1ccccc1)O[Si](C)(C)CC(C)c1ccccc1)c1ccccc1. The molecule has 4 atom stereocenters. The molecule has 4 rings (SSSR count). The fourth-order valence-corrected chi connectivity index (χ4v) is 30.4. The largest absolute Gasteiger partial charge is 0.636 e. The van der Waals surface area contributed by atoms with Crippen LogP contribution in [0.5, 0.6) is 0 Å². The van der Waals surface area contributed by atoms with E-state index in [9.17, 15) is 0 Å². The highest BCUT2D eigenvalue weighted by molar-refractivity contribution is 6.92. The summed E-state index contributed by atoms with van der Waals surface area (Å²) in [6.45, 7) is 28.2. The Balaban J connectivity index is 1.77. The lowest BCUT2D eigenvalue weighted by molar-refractivity contribution is 0.144. The molecule has 0 aliphatic rings. The lowest BCUT2D eigenvalue weighted by atomic mass is 10.0. The Labute approximate surface area is 328 Å². The molecular weight excluding hydrogens is 733 g/mol. The van der Waals surface area contributed by atoms with Gasteiger partial charge in [0.25, 0.3) is 0 Å². The third-order valence-corrected chi connectivity index (χ3v) is 29.5. The zero-order chi connectivity index (χ0) is 38.9. The van der Waals surface area contributed by atoms with Crippen LogP contribution < -0.4 is 0 Å². The van der Waals surface area contributed by atoms with E-state index in [-0.39, 0.29) is 0 Å². The first-order valence-corrected chi connectivity index (χ1v) is 33.9. The zero-order valence-corrected chi connectivity index (χ0v) is 39.8. The molecule has 0 heterocycles. The molecular formula is C44H68O4Si5. The van der Waals surface area contributed by atoms with Gasteiger partial charge in [0.2, 0.25) is 0 Å². The summed E-state index contributed by atoms with van der Waals surface area (Å²) < 4.78 is 30.8. The topological polar surface area (TPSA) is 36.9 Å². The Hall–Kier alpha value is -2.20. The molecule has 0 aliphatic heterocycles. The maximum atomic E-state index is 7.70. The van der Waals surface area contributed by atoms with Gasteiger partial charge in [-0.3, -0.25) is 0 Å². The smallest absolute Gasteiger partial charge is 0.396 e. The Morgan fingerprint density at radius 1 is 0.321 bits per heavy atom. The first-order valence-electron chi connectivity index (χ1n) is 19.8. The van der Waals surface area contributed by atoms with Gasteiger partial charge in [-0.05, 0) is 122 Å². The van der Waals surface area contributed by atoms with E-state index in [1.165, 1.54) is 22.3 Å². The highest BCUT2D eigenvalue weighted by Crippen LogP contribution is 2.40. The lowest BCUT2D eigenvalue weighted by Crippen LogP contribution is -2.67. The third kappa shape index (κ3) is 14.1. The molecule has 0 N–H and O–H groups in total. The molecule has 0 bridgehead atoms. The molecule has 288 valence electrons. The number of hydrogen-bond acceptors (Lipinski definition) is 4. The molecule has 0 radical (unpaired) electrons. The van der Waals surface area contributed by atoms with Crippen molar-refractivity contribution in [2.75, 3.05) is 0 Å². The molecule has 0 aliphatic carbocycles. The highest BCUT2D eigenvalue weighted by atomic mass is 28.5. The molecule has 0 saturated carbocycles. The minimum atomic E-state index is -3.76. The summed E-state index contributed by atoms with van der Waals surface area (Å²) >= 11 is 0. The Bertz CT molecular complexity index is 1400. The first kappa shape index (κ1) is 43.5. The van der Waals surface area contributed by atoms with Crippen LogP contribution in [0, 0.1) is 0 Å². The van der Waals surface area contributed by atoms with Crippen LogP contribution in [0.3, 0.4) is 0 Å². The zero-order valence-electron chi connectivity index (χ0n) is 34.8. The van der Waals surface area contributed by atoms with Gasteiger partial charge in [0.05, 0.1) is 0 Å². The number of benzene rings is 4. The van der Waals surface area contributed by atoms with Crippen LogP contribution in [0.2, 0.25) is 76.6 Å². The van der Waals surface area contributed by atoms with E-state index >= 15 is 0 Å². The Morgan fingerprint density at radius 2 is 0.491 bits per heavy atom. The van der Waals surface area contributed by atoms with Gasteiger partial charge in [-0.2, -0.15) is 0 Å². The van der Waals surface area contributed by atoms with Crippen LogP contribution in [0.4, 0.5) is 0 Å². The first-order chi connectivity index (χ1) is 24.8. The standard InChI is InChI=1S/C44H68O4Si5/c1-37(41-25-17-13-18-26-41)33-49(5,6)45-53(46-50(7,8)34-38(2)42-27-19-14-20-28-42,47-51(9,10)35-39(3)43-29-21-15-22-30-43)48-52(11,12)36-40(4)44-31-23-16-24-32-44/h13-32,37-40H,33-36H2,1-12H3. The van der Waals surface area contributed by atoms with Gasteiger partial charge in [-0.1, -0.05) is 149 Å². The van der Waals surface area contributed by atoms with Crippen molar-refractivity contribution < 1.29 is 16.5 Å². The van der Waals surface area contributed by atoms with E-state index < -0.39 is 42.3 Å². The molecule has 0 amide bonds. The van der Waals surface area contributed by atoms with Gasteiger partial charge in [-0.25, -0.2) is 0 Å². The van der Waals surface area contributed by atoms with E-state index in [0.29, 0.717) is 23.7 Å². The third-order valence-electron chi connectivity index (χ3n) is 10.3. The predicted molar refractivity (Wildman–Crippen MR) is 239 cm³/mol.